The fourth-order valence-corrected chi connectivity index (χ4v) is 7.68. The van der Waals surface area contributed by atoms with Gasteiger partial charge in [-0.2, -0.15) is 0 Å². The van der Waals surface area contributed by atoms with Gasteiger partial charge in [-0.3, -0.25) is 0 Å². The molecule has 7 aromatic carbocycles. The predicted octanol–water partition coefficient (Wildman–Crippen LogP) is 12.3. The summed E-state index contributed by atoms with van der Waals surface area (Å²) in [7, 11) is 0. The third-order valence-corrected chi connectivity index (χ3v) is 10.1. The normalized spacial score (nSPS) is 13.4. The summed E-state index contributed by atoms with van der Waals surface area (Å²) < 4.78 is 12.6. The summed E-state index contributed by atoms with van der Waals surface area (Å²) in [5, 5.41) is 4.33. The first-order valence-corrected chi connectivity index (χ1v) is 16.4. The number of furan rings is 1. The Morgan fingerprint density at radius 3 is 2.15 bits per heavy atom. The summed E-state index contributed by atoms with van der Waals surface area (Å²) in [6.45, 7) is 4.66. The van der Waals surface area contributed by atoms with Crippen molar-refractivity contribution in [1.29, 1.82) is 0 Å². The molecule has 0 saturated heterocycles. The second-order valence-electron chi connectivity index (χ2n) is 13.2. The van der Waals surface area contributed by atoms with Crippen molar-refractivity contribution in [2.24, 2.45) is 0 Å². The lowest BCUT2D eigenvalue weighted by molar-refractivity contribution is 0.623. The zero-order valence-corrected chi connectivity index (χ0v) is 26.6. The second kappa shape index (κ2) is 9.93. The summed E-state index contributed by atoms with van der Waals surface area (Å²) in [5.74, 6) is 0.631. The Labute approximate surface area is 277 Å². The van der Waals surface area contributed by atoms with Crippen LogP contribution in [0.25, 0.3) is 66.4 Å². The fourth-order valence-electron chi connectivity index (χ4n) is 7.68. The highest BCUT2D eigenvalue weighted by atomic mass is 16.3. The highest BCUT2D eigenvalue weighted by molar-refractivity contribution is 6.08. The number of hydrogen-bond donors (Lipinski definition) is 0. The molecule has 0 spiro atoms. The van der Waals surface area contributed by atoms with Gasteiger partial charge in [-0.15, -0.1) is 0 Å². The molecule has 1 aliphatic rings. The molecule has 4 heteroatoms. The Hall–Kier alpha value is -6.13. The molecule has 48 heavy (non-hydrogen) atoms. The van der Waals surface area contributed by atoms with E-state index < -0.39 is 0 Å². The molecular weight excluding hydrogens is 588 g/mol. The van der Waals surface area contributed by atoms with Crippen LogP contribution in [0, 0.1) is 0 Å². The maximum absolute atomic E-state index is 6.39. The van der Waals surface area contributed by atoms with Gasteiger partial charge in [-0.05, 0) is 100 Å². The van der Waals surface area contributed by atoms with E-state index in [4.69, 9.17) is 13.8 Å². The van der Waals surface area contributed by atoms with Gasteiger partial charge in [0.25, 0.3) is 0 Å². The van der Waals surface area contributed by atoms with Crippen molar-refractivity contribution in [2.75, 3.05) is 4.90 Å². The Morgan fingerprint density at radius 2 is 1.23 bits per heavy atom. The van der Waals surface area contributed by atoms with Gasteiger partial charge >= 0.3 is 0 Å². The first-order chi connectivity index (χ1) is 23.5. The Balaban J connectivity index is 1.17. The molecule has 0 N–H and O–H groups in total. The first-order valence-electron chi connectivity index (χ1n) is 16.4. The van der Waals surface area contributed by atoms with Crippen LogP contribution in [-0.4, -0.2) is 4.98 Å². The van der Waals surface area contributed by atoms with E-state index in [9.17, 15) is 0 Å². The van der Waals surface area contributed by atoms with E-state index >= 15 is 0 Å². The summed E-state index contributed by atoms with van der Waals surface area (Å²) >= 11 is 0. The van der Waals surface area contributed by atoms with Crippen molar-refractivity contribution in [3.63, 3.8) is 0 Å². The summed E-state index contributed by atoms with van der Waals surface area (Å²) in [4.78, 5) is 7.17. The molecule has 0 radical (unpaired) electrons. The molecule has 228 valence electrons. The Bertz CT molecular complexity index is 2720. The van der Waals surface area contributed by atoms with Crippen molar-refractivity contribution in [3.05, 3.63) is 157 Å². The van der Waals surface area contributed by atoms with Gasteiger partial charge in [0.1, 0.15) is 16.7 Å². The summed E-state index contributed by atoms with van der Waals surface area (Å²) in [5.41, 5.74) is 12.8. The lowest BCUT2D eigenvalue weighted by Gasteiger charge is -2.28. The van der Waals surface area contributed by atoms with Gasteiger partial charge in [0.15, 0.2) is 5.58 Å². The quantitative estimate of drug-likeness (QED) is 0.197. The number of hydrogen-bond acceptors (Lipinski definition) is 4. The number of benzene rings is 7. The number of aromatic nitrogens is 1. The van der Waals surface area contributed by atoms with Gasteiger partial charge in [0.05, 0.1) is 0 Å². The van der Waals surface area contributed by atoms with Crippen LogP contribution in [0.3, 0.4) is 0 Å². The van der Waals surface area contributed by atoms with Crippen LogP contribution in [0.1, 0.15) is 25.0 Å². The monoisotopic (exact) mass is 618 g/mol. The zero-order valence-electron chi connectivity index (χ0n) is 26.6. The molecular formula is C44H30N2O2. The highest BCUT2D eigenvalue weighted by Crippen LogP contribution is 2.51. The highest BCUT2D eigenvalue weighted by Gasteiger charge is 2.35. The van der Waals surface area contributed by atoms with Gasteiger partial charge in [-0.1, -0.05) is 86.6 Å². The molecule has 0 amide bonds. The van der Waals surface area contributed by atoms with E-state index in [1.807, 2.05) is 42.5 Å². The average molecular weight is 619 g/mol. The minimum absolute atomic E-state index is 0.115. The molecule has 0 unspecified atom stereocenters. The van der Waals surface area contributed by atoms with Crippen molar-refractivity contribution < 1.29 is 8.83 Å². The zero-order chi connectivity index (χ0) is 32.0. The second-order valence-corrected chi connectivity index (χ2v) is 13.2. The Kier molecular flexibility index (Phi) is 5.59. The number of anilines is 3. The van der Waals surface area contributed by atoms with E-state index in [-0.39, 0.29) is 5.41 Å². The van der Waals surface area contributed by atoms with Crippen LogP contribution in [0.5, 0.6) is 0 Å². The topological polar surface area (TPSA) is 42.4 Å². The van der Waals surface area contributed by atoms with Gasteiger partial charge in [0.2, 0.25) is 5.89 Å². The van der Waals surface area contributed by atoms with Gasteiger partial charge in [-0.25, -0.2) is 4.98 Å². The maximum Gasteiger partial charge on any atom is 0.227 e. The van der Waals surface area contributed by atoms with Crippen molar-refractivity contribution in [1.82, 2.24) is 4.98 Å². The molecule has 0 fully saturated rings. The number of rotatable bonds is 4. The third-order valence-electron chi connectivity index (χ3n) is 10.1. The predicted molar refractivity (Wildman–Crippen MR) is 196 cm³/mol. The molecule has 2 heterocycles. The van der Waals surface area contributed by atoms with Crippen LogP contribution < -0.4 is 4.90 Å². The van der Waals surface area contributed by atoms with E-state index in [0.717, 1.165) is 66.4 Å². The lowest BCUT2D eigenvalue weighted by Crippen LogP contribution is -2.16. The molecule has 0 aliphatic heterocycles. The molecule has 2 aromatic heterocycles. The average Bonchev–Trinajstić information content (AvgIpc) is 3.80. The molecule has 9 aromatic rings. The number of fused-ring (bicyclic) bond motifs is 9. The lowest BCUT2D eigenvalue weighted by atomic mass is 9.82. The van der Waals surface area contributed by atoms with Crippen molar-refractivity contribution >= 4 is 60.9 Å². The minimum Gasteiger partial charge on any atom is -0.456 e. The molecule has 10 rings (SSSR count). The van der Waals surface area contributed by atoms with Gasteiger partial charge < -0.3 is 13.7 Å². The number of oxazole rings is 1. The minimum atomic E-state index is -0.115. The van der Waals surface area contributed by atoms with Crippen LogP contribution in [-0.2, 0) is 5.41 Å². The molecule has 0 atom stereocenters. The maximum atomic E-state index is 6.39. The van der Waals surface area contributed by atoms with Crippen LogP contribution in [0.2, 0.25) is 0 Å². The molecule has 0 bridgehead atoms. The standard InChI is InChI=1S/C44H30N2O2/c1-44(2)37-14-8-6-12-33(37)34-21-18-31(26-38(34)44)46(30-19-23-41-36(25-30)35-13-7-9-15-40(35)47-41)29-17-20-32-28(24-29)16-22-39-42(32)48-43(45-39)27-10-4-3-5-11-27/h3-26H,1-2H3. The fraction of sp³-hybridized carbons (Fsp3) is 0.0682. The van der Waals surface area contributed by atoms with Crippen molar-refractivity contribution in [2.45, 2.75) is 19.3 Å². The number of para-hydroxylation sites is 1. The van der Waals surface area contributed by atoms with Gasteiger partial charge in [0, 0.05) is 44.2 Å². The van der Waals surface area contributed by atoms with Crippen molar-refractivity contribution in [3.8, 4) is 22.6 Å². The van der Waals surface area contributed by atoms with E-state index in [1.165, 1.54) is 22.3 Å². The SMILES string of the molecule is CC1(C)c2ccccc2-c2ccc(N(c3ccc4c(ccc5nc(-c6ccccc6)oc54)c3)c3ccc4oc5ccccc5c4c3)cc21. The Morgan fingerprint density at radius 1 is 0.521 bits per heavy atom. The van der Waals surface area contributed by atoms with Crippen LogP contribution in [0.15, 0.2) is 154 Å². The summed E-state index contributed by atoms with van der Waals surface area (Å²) in [6, 6.07) is 51.4. The smallest absolute Gasteiger partial charge is 0.227 e. The van der Waals surface area contributed by atoms with E-state index in [1.54, 1.807) is 0 Å². The first kappa shape index (κ1) is 27.0. The molecule has 4 nitrogen and oxygen atoms in total. The van der Waals surface area contributed by atoms with Crippen LogP contribution >= 0.6 is 0 Å². The largest absolute Gasteiger partial charge is 0.456 e. The van der Waals surface area contributed by atoms with E-state index in [0.29, 0.717) is 5.89 Å². The number of nitrogens with zero attached hydrogens (tertiary/aromatic N) is 2. The van der Waals surface area contributed by atoms with E-state index in [2.05, 4.69) is 122 Å². The third kappa shape index (κ3) is 3.93. The van der Waals surface area contributed by atoms with Crippen LogP contribution in [0.4, 0.5) is 17.1 Å². The molecule has 1 aliphatic carbocycles. The molecule has 0 saturated carbocycles. The summed E-state index contributed by atoms with van der Waals surface area (Å²) in [6.07, 6.45) is 0.